The highest BCUT2D eigenvalue weighted by Crippen LogP contribution is 2.23. The van der Waals surface area contributed by atoms with E-state index in [0.29, 0.717) is 24.7 Å². The number of carbonyl (C=O) groups is 1. The van der Waals surface area contributed by atoms with Gasteiger partial charge in [-0.05, 0) is 37.1 Å². The minimum Gasteiger partial charge on any atom is -0.497 e. The van der Waals surface area contributed by atoms with Crippen LogP contribution in [0.5, 0.6) is 5.75 Å². The molecule has 1 amide bonds. The molecule has 1 aromatic rings. The standard InChI is InChI=1S/C14H18ClNO3/c1-18-12-4-2-11(3-5-12)13(17)16-14(10-15)6-8-19-9-7-14/h2-5H,6-10H2,1H3,(H,16,17). The number of rotatable bonds is 4. The maximum Gasteiger partial charge on any atom is 0.251 e. The number of carbonyl (C=O) groups excluding carboxylic acids is 1. The second-order valence-corrected chi connectivity index (χ2v) is 4.98. The molecule has 0 saturated carbocycles. The molecule has 0 aliphatic carbocycles. The van der Waals surface area contributed by atoms with Crippen molar-refractivity contribution in [2.24, 2.45) is 0 Å². The predicted octanol–water partition coefficient (Wildman–Crippen LogP) is 2.21. The van der Waals surface area contributed by atoms with Crippen molar-refractivity contribution in [3.05, 3.63) is 29.8 Å². The van der Waals surface area contributed by atoms with Crippen LogP contribution < -0.4 is 10.1 Å². The van der Waals surface area contributed by atoms with Crippen LogP contribution in [0, 0.1) is 0 Å². The molecule has 0 aromatic heterocycles. The summed E-state index contributed by atoms with van der Waals surface area (Å²) in [6.45, 7) is 1.27. The highest BCUT2D eigenvalue weighted by Gasteiger charge is 2.33. The Labute approximate surface area is 118 Å². The third kappa shape index (κ3) is 3.39. The number of ether oxygens (including phenoxy) is 2. The fraction of sp³-hybridized carbons (Fsp3) is 0.500. The Morgan fingerprint density at radius 2 is 2.00 bits per heavy atom. The van der Waals surface area contributed by atoms with Crippen LogP contribution in [0.3, 0.4) is 0 Å². The third-order valence-electron chi connectivity index (χ3n) is 3.44. The molecule has 0 radical (unpaired) electrons. The van der Waals surface area contributed by atoms with E-state index >= 15 is 0 Å². The monoisotopic (exact) mass is 283 g/mol. The lowest BCUT2D eigenvalue weighted by Crippen LogP contribution is -2.53. The van der Waals surface area contributed by atoms with E-state index in [9.17, 15) is 4.79 Å². The number of methoxy groups -OCH3 is 1. The highest BCUT2D eigenvalue weighted by atomic mass is 35.5. The SMILES string of the molecule is COc1ccc(C(=O)NC2(CCl)CCOCC2)cc1. The summed E-state index contributed by atoms with van der Waals surface area (Å²) in [6, 6.07) is 7.03. The van der Waals surface area contributed by atoms with Gasteiger partial charge in [-0.25, -0.2) is 0 Å². The number of benzene rings is 1. The van der Waals surface area contributed by atoms with Gasteiger partial charge in [-0.1, -0.05) is 0 Å². The van der Waals surface area contributed by atoms with Crippen molar-refractivity contribution in [3.8, 4) is 5.75 Å². The summed E-state index contributed by atoms with van der Waals surface area (Å²) < 4.78 is 10.4. The van der Waals surface area contributed by atoms with E-state index in [2.05, 4.69) is 5.32 Å². The Morgan fingerprint density at radius 3 is 2.53 bits per heavy atom. The van der Waals surface area contributed by atoms with Gasteiger partial charge in [0.05, 0.1) is 12.6 Å². The zero-order chi connectivity index (χ0) is 13.7. The van der Waals surface area contributed by atoms with Crippen LogP contribution in [0.2, 0.25) is 0 Å². The minimum absolute atomic E-state index is 0.106. The quantitative estimate of drug-likeness (QED) is 0.862. The first kappa shape index (κ1) is 14.2. The average Bonchev–Trinajstić information content (AvgIpc) is 2.48. The summed E-state index contributed by atoms with van der Waals surface area (Å²) in [4.78, 5) is 12.2. The number of alkyl halides is 1. The van der Waals surface area contributed by atoms with Gasteiger partial charge in [0.2, 0.25) is 0 Å². The van der Waals surface area contributed by atoms with Crippen LogP contribution in [-0.4, -0.2) is 37.6 Å². The molecule has 1 aliphatic rings. The van der Waals surface area contributed by atoms with Crippen molar-refractivity contribution in [2.45, 2.75) is 18.4 Å². The van der Waals surface area contributed by atoms with Gasteiger partial charge in [-0.15, -0.1) is 11.6 Å². The summed E-state index contributed by atoms with van der Waals surface area (Å²) in [5, 5.41) is 3.04. The lowest BCUT2D eigenvalue weighted by Gasteiger charge is -2.36. The van der Waals surface area contributed by atoms with Gasteiger partial charge in [0.1, 0.15) is 5.75 Å². The first-order valence-corrected chi connectivity index (χ1v) is 6.83. The molecule has 1 N–H and O–H groups in total. The molecule has 0 unspecified atom stereocenters. The summed E-state index contributed by atoms with van der Waals surface area (Å²) in [5.41, 5.74) is 0.258. The van der Waals surface area contributed by atoms with Gasteiger partial charge in [0.25, 0.3) is 5.91 Å². The van der Waals surface area contributed by atoms with Crippen molar-refractivity contribution >= 4 is 17.5 Å². The third-order valence-corrected chi connectivity index (χ3v) is 3.95. The Balaban J connectivity index is 2.06. The molecule has 5 heteroatoms. The molecule has 4 nitrogen and oxygen atoms in total. The molecule has 19 heavy (non-hydrogen) atoms. The highest BCUT2D eigenvalue weighted by molar-refractivity contribution is 6.19. The number of hydrogen-bond acceptors (Lipinski definition) is 3. The molecule has 0 bridgehead atoms. The van der Waals surface area contributed by atoms with Crippen LogP contribution in [0.15, 0.2) is 24.3 Å². The summed E-state index contributed by atoms with van der Waals surface area (Å²) in [7, 11) is 1.60. The molecule has 0 spiro atoms. The van der Waals surface area contributed by atoms with Gasteiger partial charge in [-0.2, -0.15) is 0 Å². The number of amides is 1. The van der Waals surface area contributed by atoms with E-state index in [1.807, 2.05) is 0 Å². The van der Waals surface area contributed by atoms with Gasteiger partial charge in [0.15, 0.2) is 0 Å². The zero-order valence-electron chi connectivity index (χ0n) is 10.9. The lowest BCUT2D eigenvalue weighted by atomic mass is 9.92. The molecule has 1 fully saturated rings. The maximum absolute atomic E-state index is 12.2. The first-order chi connectivity index (χ1) is 9.19. The van der Waals surface area contributed by atoms with Crippen molar-refractivity contribution in [2.75, 3.05) is 26.2 Å². The number of nitrogens with one attached hydrogen (secondary N) is 1. The van der Waals surface area contributed by atoms with E-state index in [1.54, 1.807) is 31.4 Å². The Hall–Kier alpha value is -1.26. The van der Waals surface area contributed by atoms with E-state index in [1.165, 1.54) is 0 Å². The molecule has 1 heterocycles. The normalized spacial score (nSPS) is 17.8. The topological polar surface area (TPSA) is 47.6 Å². The molecule has 1 saturated heterocycles. The molecular weight excluding hydrogens is 266 g/mol. The van der Waals surface area contributed by atoms with E-state index in [-0.39, 0.29) is 11.4 Å². The summed E-state index contributed by atoms with van der Waals surface area (Å²) in [6.07, 6.45) is 1.50. The van der Waals surface area contributed by atoms with Crippen LogP contribution in [-0.2, 0) is 4.74 Å². The fourth-order valence-corrected chi connectivity index (χ4v) is 2.44. The molecule has 104 valence electrons. The Kier molecular flexibility index (Phi) is 4.66. The van der Waals surface area contributed by atoms with Crippen LogP contribution in [0.4, 0.5) is 0 Å². The fourth-order valence-electron chi connectivity index (χ4n) is 2.11. The number of hydrogen-bond donors (Lipinski definition) is 1. The van der Waals surface area contributed by atoms with Gasteiger partial charge >= 0.3 is 0 Å². The first-order valence-electron chi connectivity index (χ1n) is 6.29. The van der Waals surface area contributed by atoms with Crippen molar-refractivity contribution in [1.29, 1.82) is 0 Å². The van der Waals surface area contributed by atoms with Crippen LogP contribution in [0.1, 0.15) is 23.2 Å². The van der Waals surface area contributed by atoms with Gasteiger partial charge < -0.3 is 14.8 Å². The predicted molar refractivity (Wildman–Crippen MR) is 74.0 cm³/mol. The van der Waals surface area contributed by atoms with Crippen molar-refractivity contribution in [3.63, 3.8) is 0 Å². The summed E-state index contributed by atoms with van der Waals surface area (Å²) in [5.74, 6) is 1.03. The lowest BCUT2D eigenvalue weighted by molar-refractivity contribution is 0.0434. The zero-order valence-corrected chi connectivity index (χ0v) is 11.7. The summed E-state index contributed by atoms with van der Waals surface area (Å²) >= 11 is 6.03. The number of halogens is 1. The van der Waals surface area contributed by atoms with Crippen LogP contribution in [0.25, 0.3) is 0 Å². The molecular formula is C14H18ClNO3. The largest absolute Gasteiger partial charge is 0.497 e. The van der Waals surface area contributed by atoms with E-state index < -0.39 is 0 Å². The van der Waals surface area contributed by atoms with E-state index in [0.717, 1.165) is 18.6 Å². The second-order valence-electron chi connectivity index (χ2n) is 4.71. The maximum atomic E-state index is 12.2. The molecule has 2 rings (SSSR count). The van der Waals surface area contributed by atoms with Crippen LogP contribution >= 0.6 is 11.6 Å². The second kappa shape index (κ2) is 6.26. The van der Waals surface area contributed by atoms with E-state index in [4.69, 9.17) is 21.1 Å². The Morgan fingerprint density at radius 1 is 1.37 bits per heavy atom. The van der Waals surface area contributed by atoms with Gasteiger partial charge in [-0.3, -0.25) is 4.79 Å². The van der Waals surface area contributed by atoms with Crippen molar-refractivity contribution in [1.82, 2.24) is 5.32 Å². The molecule has 0 atom stereocenters. The minimum atomic E-state index is -0.350. The Bertz CT molecular complexity index is 427. The molecule has 1 aromatic carbocycles. The smallest absolute Gasteiger partial charge is 0.251 e. The van der Waals surface area contributed by atoms with Gasteiger partial charge in [0, 0.05) is 24.7 Å². The molecule has 1 aliphatic heterocycles. The average molecular weight is 284 g/mol. The van der Waals surface area contributed by atoms with Crippen molar-refractivity contribution < 1.29 is 14.3 Å².